The number of amides is 2. The molecule has 0 saturated carbocycles. The summed E-state index contributed by atoms with van der Waals surface area (Å²) in [6.07, 6.45) is 2.52. The number of nitrogens with one attached hydrogen (secondary N) is 1. The van der Waals surface area contributed by atoms with Crippen molar-refractivity contribution in [2.45, 2.75) is 32.9 Å². The lowest BCUT2D eigenvalue weighted by Crippen LogP contribution is -2.52. The summed E-state index contributed by atoms with van der Waals surface area (Å²) in [7, 11) is 1.77. The largest absolute Gasteiger partial charge is 0.356 e. The van der Waals surface area contributed by atoms with Gasteiger partial charge in [0.1, 0.15) is 17.7 Å². The number of hydrogen-bond donors (Lipinski definition) is 1. The Balaban J connectivity index is 1.93. The first-order chi connectivity index (χ1) is 12.9. The van der Waals surface area contributed by atoms with E-state index < -0.39 is 12.1 Å². The first kappa shape index (κ1) is 19.1. The van der Waals surface area contributed by atoms with E-state index in [-0.39, 0.29) is 18.4 Å². The van der Waals surface area contributed by atoms with Gasteiger partial charge in [-0.15, -0.1) is 11.3 Å². The Kier molecular flexibility index (Phi) is 5.30. The molecule has 3 heterocycles. The number of ether oxygens (including phenoxy) is 1. The number of nitrogens with zero attached hydrogens (tertiary/aromatic N) is 4. The standard InChI is InChI=1S/C18H21N5O3S/c1-5-23-14(24)9-26-16(15(23)12-7-20-22(4)8-12)17(25)21-18-13(6-19)10(2)11(3)27-18/h7-8,15-16H,5,9H2,1-4H3,(H,21,25)/t15-,16+/m1/s1. The van der Waals surface area contributed by atoms with Crippen molar-refractivity contribution in [2.75, 3.05) is 18.5 Å². The van der Waals surface area contributed by atoms with Crippen LogP contribution in [-0.4, -0.2) is 45.8 Å². The maximum atomic E-state index is 13.0. The highest BCUT2D eigenvalue weighted by Gasteiger charge is 2.42. The van der Waals surface area contributed by atoms with Crippen molar-refractivity contribution < 1.29 is 14.3 Å². The maximum absolute atomic E-state index is 13.0. The average molecular weight is 387 g/mol. The molecule has 2 atom stereocenters. The molecule has 142 valence electrons. The van der Waals surface area contributed by atoms with Gasteiger partial charge in [0, 0.05) is 30.2 Å². The van der Waals surface area contributed by atoms with Crippen LogP contribution in [0.15, 0.2) is 12.4 Å². The van der Waals surface area contributed by atoms with Gasteiger partial charge in [0.05, 0.1) is 17.8 Å². The van der Waals surface area contributed by atoms with Gasteiger partial charge in [-0.05, 0) is 26.3 Å². The van der Waals surface area contributed by atoms with Gasteiger partial charge in [0.2, 0.25) is 5.91 Å². The van der Waals surface area contributed by atoms with Gasteiger partial charge in [-0.1, -0.05) is 0 Å². The number of morpholine rings is 1. The smallest absolute Gasteiger partial charge is 0.256 e. The molecule has 0 aliphatic carbocycles. The van der Waals surface area contributed by atoms with E-state index in [0.29, 0.717) is 17.1 Å². The van der Waals surface area contributed by atoms with Gasteiger partial charge < -0.3 is 15.0 Å². The van der Waals surface area contributed by atoms with Crippen LogP contribution in [0.3, 0.4) is 0 Å². The number of hydrogen-bond acceptors (Lipinski definition) is 6. The Morgan fingerprint density at radius 2 is 2.26 bits per heavy atom. The number of carbonyl (C=O) groups excluding carboxylic acids is 2. The Hall–Kier alpha value is -2.70. The first-order valence-electron chi connectivity index (χ1n) is 8.57. The summed E-state index contributed by atoms with van der Waals surface area (Å²) in [5.74, 6) is -0.552. The van der Waals surface area contributed by atoms with Crippen molar-refractivity contribution >= 4 is 28.2 Å². The van der Waals surface area contributed by atoms with E-state index in [4.69, 9.17) is 4.74 Å². The van der Waals surface area contributed by atoms with E-state index >= 15 is 0 Å². The summed E-state index contributed by atoms with van der Waals surface area (Å²) in [6, 6.07) is 1.57. The molecule has 8 nitrogen and oxygen atoms in total. The number of aryl methyl sites for hydroxylation is 2. The van der Waals surface area contributed by atoms with Gasteiger partial charge in [-0.25, -0.2) is 0 Å². The van der Waals surface area contributed by atoms with Crippen LogP contribution in [0.2, 0.25) is 0 Å². The zero-order valence-electron chi connectivity index (χ0n) is 15.6. The lowest BCUT2D eigenvalue weighted by atomic mass is 10.00. The minimum atomic E-state index is -0.888. The van der Waals surface area contributed by atoms with Crippen LogP contribution < -0.4 is 5.32 Å². The third-order valence-electron chi connectivity index (χ3n) is 4.73. The molecular formula is C18H21N5O3S. The summed E-state index contributed by atoms with van der Waals surface area (Å²) < 4.78 is 7.25. The molecular weight excluding hydrogens is 366 g/mol. The second-order valence-electron chi connectivity index (χ2n) is 6.39. The predicted octanol–water partition coefficient (Wildman–Crippen LogP) is 1.90. The molecule has 0 aromatic carbocycles. The highest BCUT2D eigenvalue weighted by Crippen LogP contribution is 2.34. The van der Waals surface area contributed by atoms with Gasteiger partial charge in [-0.2, -0.15) is 10.4 Å². The molecule has 3 rings (SSSR count). The highest BCUT2D eigenvalue weighted by molar-refractivity contribution is 7.16. The molecule has 2 aromatic heterocycles. The summed E-state index contributed by atoms with van der Waals surface area (Å²) in [6.45, 7) is 5.92. The highest BCUT2D eigenvalue weighted by atomic mass is 32.1. The number of aromatic nitrogens is 2. The van der Waals surface area contributed by atoms with E-state index in [2.05, 4.69) is 16.5 Å². The fraction of sp³-hybridized carbons (Fsp3) is 0.444. The lowest BCUT2D eigenvalue weighted by molar-refractivity contribution is -0.161. The third kappa shape index (κ3) is 3.46. The molecule has 0 unspecified atom stereocenters. The average Bonchev–Trinajstić information content (AvgIpc) is 3.17. The van der Waals surface area contributed by atoms with Crippen LogP contribution in [0.5, 0.6) is 0 Å². The molecule has 1 saturated heterocycles. The topological polar surface area (TPSA) is 100 Å². The molecule has 0 bridgehead atoms. The quantitative estimate of drug-likeness (QED) is 0.864. The van der Waals surface area contributed by atoms with Crippen molar-refractivity contribution in [2.24, 2.45) is 7.05 Å². The van der Waals surface area contributed by atoms with Crippen LogP contribution >= 0.6 is 11.3 Å². The number of carbonyl (C=O) groups is 2. The molecule has 2 amide bonds. The van der Waals surface area contributed by atoms with Gasteiger partial charge in [0.25, 0.3) is 5.91 Å². The maximum Gasteiger partial charge on any atom is 0.256 e. The van der Waals surface area contributed by atoms with Crippen LogP contribution in [0.1, 0.15) is 34.5 Å². The SMILES string of the molecule is CCN1C(=O)CO[C@H](C(=O)Nc2sc(C)c(C)c2C#N)[C@H]1c1cnn(C)c1. The minimum Gasteiger partial charge on any atom is -0.356 e. The van der Waals surface area contributed by atoms with E-state index in [1.54, 1.807) is 29.0 Å². The lowest BCUT2D eigenvalue weighted by Gasteiger charge is -2.39. The molecule has 1 N–H and O–H groups in total. The van der Waals surface area contributed by atoms with Crippen LogP contribution in [0.25, 0.3) is 0 Å². The van der Waals surface area contributed by atoms with Crippen molar-refractivity contribution in [3.8, 4) is 6.07 Å². The Bertz CT molecular complexity index is 926. The number of thiophene rings is 1. The first-order valence-corrected chi connectivity index (χ1v) is 9.39. The van der Waals surface area contributed by atoms with Crippen molar-refractivity contribution in [1.29, 1.82) is 5.26 Å². The van der Waals surface area contributed by atoms with E-state index in [1.807, 2.05) is 20.8 Å². The van der Waals surface area contributed by atoms with Crippen molar-refractivity contribution in [3.63, 3.8) is 0 Å². The Morgan fingerprint density at radius 3 is 2.85 bits per heavy atom. The second-order valence-corrected chi connectivity index (χ2v) is 7.62. The molecule has 27 heavy (non-hydrogen) atoms. The fourth-order valence-electron chi connectivity index (χ4n) is 3.23. The molecule has 1 fully saturated rings. The fourth-order valence-corrected chi connectivity index (χ4v) is 4.24. The number of likely N-dealkylation sites (N-methyl/N-ethyl adjacent to an activating group) is 1. The summed E-state index contributed by atoms with van der Waals surface area (Å²) >= 11 is 1.36. The third-order valence-corrected chi connectivity index (χ3v) is 5.85. The Labute approximate surface area is 161 Å². The minimum absolute atomic E-state index is 0.156. The summed E-state index contributed by atoms with van der Waals surface area (Å²) in [5, 5.41) is 16.9. The number of rotatable bonds is 4. The number of anilines is 1. The monoisotopic (exact) mass is 387 g/mol. The predicted molar refractivity (Wildman–Crippen MR) is 100 cm³/mol. The summed E-state index contributed by atoms with van der Waals surface area (Å²) in [5.41, 5.74) is 2.05. The van der Waals surface area contributed by atoms with Crippen LogP contribution in [-0.2, 0) is 21.4 Å². The van der Waals surface area contributed by atoms with Gasteiger partial charge >= 0.3 is 0 Å². The van der Waals surface area contributed by atoms with E-state index in [0.717, 1.165) is 16.0 Å². The normalized spacial score (nSPS) is 19.8. The van der Waals surface area contributed by atoms with Crippen molar-refractivity contribution in [3.05, 3.63) is 34.0 Å². The zero-order chi connectivity index (χ0) is 19.7. The second kappa shape index (κ2) is 7.50. The number of nitriles is 1. The molecule has 0 spiro atoms. The Morgan fingerprint density at radius 1 is 1.52 bits per heavy atom. The molecule has 9 heteroatoms. The van der Waals surface area contributed by atoms with E-state index in [1.165, 1.54) is 11.3 Å². The van der Waals surface area contributed by atoms with E-state index in [9.17, 15) is 14.9 Å². The van der Waals surface area contributed by atoms with Crippen LogP contribution in [0, 0.1) is 25.2 Å². The molecule has 2 aromatic rings. The van der Waals surface area contributed by atoms with Crippen molar-refractivity contribution in [1.82, 2.24) is 14.7 Å². The molecule has 1 aliphatic heterocycles. The summed E-state index contributed by atoms with van der Waals surface area (Å²) in [4.78, 5) is 27.9. The molecule has 1 aliphatic rings. The van der Waals surface area contributed by atoms with Crippen LogP contribution in [0.4, 0.5) is 5.00 Å². The van der Waals surface area contributed by atoms with Gasteiger partial charge in [0.15, 0.2) is 6.10 Å². The zero-order valence-corrected chi connectivity index (χ0v) is 16.5. The van der Waals surface area contributed by atoms with Gasteiger partial charge in [-0.3, -0.25) is 14.3 Å². The molecule has 0 radical (unpaired) electrons.